The lowest BCUT2D eigenvalue weighted by Gasteiger charge is -2.05. The number of hydrogen-bond acceptors (Lipinski definition) is 3. The monoisotopic (exact) mass is 221 g/mol. The van der Waals surface area contributed by atoms with Gasteiger partial charge in [-0.1, -0.05) is 19.8 Å². The molecule has 0 rings (SSSR count). The zero-order valence-electron chi connectivity index (χ0n) is 9.33. The first-order chi connectivity index (χ1) is 6.48. The predicted octanol–water partition coefficient (Wildman–Crippen LogP) is 1.72. The van der Waals surface area contributed by atoms with Crippen molar-refractivity contribution in [2.75, 3.05) is 11.5 Å². The van der Waals surface area contributed by atoms with Gasteiger partial charge in [0, 0.05) is 6.04 Å². The summed E-state index contributed by atoms with van der Waals surface area (Å²) in [6, 6.07) is 0.112. The average Bonchev–Trinajstić information content (AvgIpc) is 2.03. The van der Waals surface area contributed by atoms with Crippen LogP contribution in [0.25, 0.3) is 0 Å². The maximum absolute atomic E-state index is 11.4. The Morgan fingerprint density at radius 2 is 1.71 bits per heavy atom. The van der Waals surface area contributed by atoms with Crippen LogP contribution in [0.1, 0.15) is 46.0 Å². The molecule has 0 radical (unpaired) electrons. The van der Waals surface area contributed by atoms with Crippen LogP contribution in [0.5, 0.6) is 0 Å². The molecule has 1 atom stereocenters. The SMILES string of the molecule is CCCCCS(=O)(=O)CCCC(C)N. The van der Waals surface area contributed by atoms with E-state index >= 15 is 0 Å². The van der Waals surface area contributed by atoms with E-state index in [2.05, 4.69) is 6.92 Å². The molecular weight excluding hydrogens is 198 g/mol. The first-order valence-corrected chi connectivity index (χ1v) is 7.26. The molecule has 86 valence electrons. The van der Waals surface area contributed by atoms with Crippen molar-refractivity contribution in [2.24, 2.45) is 5.73 Å². The third kappa shape index (κ3) is 8.51. The van der Waals surface area contributed by atoms with Crippen molar-refractivity contribution in [3.05, 3.63) is 0 Å². The van der Waals surface area contributed by atoms with Crippen LogP contribution in [0.4, 0.5) is 0 Å². The van der Waals surface area contributed by atoms with E-state index < -0.39 is 9.84 Å². The first kappa shape index (κ1) is 13.9. The molecule has 0 amide bonds. The van der Waals surface area contributed by atoms with Crippen molar-refractivity contribution >= 4 is 9.84 Å². The number of sulfone groups is 1. The number of rotatable bonds is 8. The van der Waals surface area contributed by atoms with E-state index in [4.69, 9.17) is 5.73 Å². The third-order valence-electron chi connectivity index (χ3n) is 2.17. The largest absolute Gasteiger partial charge is 0.328 e. The molecule has 0 saturated heterocycles. The fourth-order valence-corrected chi connectivity index (χ4v) is 2.75. The molecule has 2 N–H and O–H groups in total. The quantitative estimate of drug-likeness (QED) is 0.635. The Morgan fingerprint density at radius 1 is 1.14 bits per heavy atom. The Morgan fingerprint density at radius 3 is 2.21 bits per heavy atom. The molecule has 14 heavy (non-hydrogen) atoms. The van der Waals surface area contributed by atoms with Gasteiger partial charge in [-0.3, -0.25) is 0 Å². The minimum absolute atomic E-state index is 0.112. The predicted molar refractivity (Wildman–Crippen MR) is 61.1 cm³/mol. The molecule has 0 aliphatic carbocycles. The lowest BCUT2D eigenvalue weighted by molar-refractivity contribution is 0.581. The molecule has 0 aliphatic heterocycles. The average molecular weight is 221 g/mol. The van der Waals surface area contributed by atoms with E-state index in [1.165, 1.54) is 0 Å². The lowest BCUT2D eigenvalue weighted by Crippen LogP contribution is -2.17. The van der Waals surface area contributed by atoms with Crippen LogP contribution in [0.2, 0.25) is 0 Å². The van der Waals surface area contributed by atoms with Gasteiger partial charge in [0.05, 0.1) is 11.5 Å². The van der Waals surface area contributed by atoms with Crippen molar-refractivity contribution in [1.82, 2.24) is 0 Å². The Bertz CT molecular complexity index is 222. The Labute approximate surface area is 88.0 Å². The zero-order chi connectivity index (χ0) is 11.0. The van der Waals surface area contributed by atoms with E-state index in [0.29, 0.717) is 17.9 Å². The van der Waals surface area contributed by atoms with Gasteiger partial charge in [0.15, 0.2) is 0 Å². The van der Waals surface area contributed by atoms with Crippen molar-refractivity contribution in [1.29, 1.82) is 0 Å². The number of nitrogens with two attached hydrogens (primary N) is 1. The van der Waals surface area contributed by atoms with Crippen molar-refractivity contribution in [3.8, 4) is 0 Å². The second-order valence-electron chi connectivity index (χ2n) is 3.98. The lowest BCUT2D eigenvalue weighted by atomic mass is 10.2. The van der Waals surface area contributed by atoms with Gasteiger partial charge in [0.25, 0.3) is 0 Å². The molecule has 0 aromatic rings. The third-order valence-corrected chi connectivity index (χ3v) is 4.00. The normalized spacial score (nSPS) is 14.2. The molecule has 0 heterocycles. The van der Waals surface area contributed by atoms with Gasteiger partial charge in [-0.25, -0.2) is 8.42 Å². The summed E-state index contributed by atoms with van der Waals surface area (Å²) in [6.45, 7) is 3.98. The minimum Gasteiger partial charge on any atom is -0.328 e. The van der Waals surface area contributed by atoms with Crippen molar-refractivity contribution in [3.63, 3.8) is 0 Å². The van der Waals surface area contributed by atoms with Crippen LogP contribution < -0.4 is 5.73 Å². The van der Waals surface area contributed by atoms with Gasteiger partial charge in [-0.05, 0) is 26.2 Å². The van der Waals surface area contributed by atoms with Crippen LogP contribution in [-0.2, 0) is 9.84 Å². The maximum atomic E-state index is 11.4. The van der Waals surface area contributed by atoms with Crippen LogP contribution in [-0.4, -0.2) is 26.0 Å². The standard InChI is InChI=1S/C10H23NO2S/c1-3-4-5-8-14(12,13)9-6-7-10(2)11/h10H,3-9,11H2,1-2H3. The summed E-state index contributed by atoms with van der Waals surface area (Å²) in [5.41, 5.74) is 5.55. The zero-order valence-corrected chi connectivity index (χ0v) is 10.1. The van der Waals surface area contributed by atoms with Crippen LogP contribution in [0.15, 0.2) is 0 Å². The van der Waals surface area contributed by atoms with Gasteiger partial charge < -0.3 is 5.73 Å². The second-order valence-corrected chi connectivity index (χ2v) is 6.28. The first-order valence-electron chi connectivity index (χ1n) is 5.44. The molecule has 0 aliphatic rings. The highest BCUT2D eigenvalue weighted by atomic mass is 32.2. The topological polar surface area (TPSA) is 60.2 Å². The van der Waals surface area contributed by atoms with Gasteiger partial charge in [0.2, 0.25) is 0 Å². The van der Waals surface area contributed by atoms with E-state index in [0.717, 1.165) is 25.7 Å². The molecule has 0 fully saturated rings. The van der Waals surface area contributed by atoms with Crippen molar-refractivity contribution in [2.45, 2.75) is 52.0 Å². The Balaban J connectivity index is 3.62. The molecule has 4 heteroatoms. The Kier molecular flexibility index (Phi) is 7.19. The summed E-state index contributed by atoms with van der Waals surface area (Å²) < 4.78 is 22.9. The number of hydrogen-bond donors (Lipinski definition) is 1. The summed E-state index contributed by atoms with van der Waals surface area (Å²) in [5, 5.41) is 0. The van der Waals surface area contributed by atoms with Crippen LogP contribution >= 0.6 is 0 Å². The smallest absolute Gasteiger partial charge is 0.150 e. The minimum atomic E-state index is -2.81. The van der Waals surface area contributed by atoms with Crippen LogP contribution in [0.3, 0.4) is 0 Å². The summed E-state index contributed by atoms with van der Waals surface area (Å²) in [5.74, 6) is 0.651. The summed E-state index contributed by atoms with van der Waals surface area (Å²) >= 11 is 0. The summed E-state index contributed by atoms with van der Waals surface area (Å²) in [7, 11) is -2.81. The van der Waals surface area contributed by atoms with E-state index in [9.17, 15) is 8.42 Å². The highest BCUT2D eigenvalue weighted by molar-refractivity contribution is 7.91. The van der Waals surface area contributed by atoms with Gasteiger partial charge >= 0.3 is 0 Å². The molecule has 1 unspecified atom stereocenters. The molecule has 0 saturated carbocycles. The Hall–Kier alpha value is -0.0900. The molecular formula is C10H23NO2S. The van der Waals surface area contributed by atoms with Crippen LogP contribution in [0, 0.1) is 0 Å². The molecule has 0 spiro atoms. The summed E-state index contributed by atoms with van der Waals surface area (Å²) in [6.07, 6.45) is 4.37. The van der Waals surface area contributed by atoms with Gasteiger partial charge in [-0.15, -0.1) is 0 Å². The number of unbranched alkanes of at least 4 members (excludes halogenated alkanes) is 2. The molecule has 3 nitrogen and oxygen atoms in total. The highest BCUT2D eigenvalue weighted by Gasteiger charge is 2.09. The molecule has 0 aromatic heterocycles. The van der Waals surface area contributed by atoms with E-state index in [1.54, 1.807) is 0 Å². The second kappa shape index (κ2) is 7.23. The van der Waals surface area contributed by atoms with E-state index in [-0.39, 0.29) is 6.04 Å². The maximum Gasteiger partial charge on any atom is 0.150 e. The van der Waals surface area contributed by atoms with Crippen molar-refractivity contribution < 1.29 is 8.42 Å². The fourth-order valence-electron chi connectivity index (χ4n) is 1.30. The fraction of sp³-hybridized carbons (Fsp3) is 1.00. The molecule has 0 bridgehead atoms. The highest BCUT2D eigenvalue weighted by Crippen LogP contribution is 2.04. The van der Waals surface area contributed by atoms with Gasteiger partial charge in [-0.2, -0.15) is 0 Å². The van der Waals surface area contributed by atoms with E-state index in [1.807, 2.05) is 6.92 Å². The summed E-state index contributed by atoms with van der Waals surface area (Å²) in [4.78, 5) is 0. The van der Waals surface area contributed by atoms with Gasteiger partial charge in [0.1, 0.15) is 9.84 Å². The molecule has 0 aromatic carbocycles.